The largest absolute Gasteiger partial charge is 0.316 e. The van der Waals surface area contributed by atoms with Crippen molar-refractivity contribution in [3.8, 4) is 0 Å². The van der Waals surface area contributed by atoms with Crippen LogP contribution in [-0.2, 0) is 13.0 Å². The number of benzene rings is 1. The highest BCUT2D eigenvalue weighted by Crippen LogP contribution is 2.15. The molecule has 0 radical (unpaired) electrons. The maximum absolute atomic E-state index is 4.20. The monoisotopic (exact) mass is 242 g/mol. The van der Waals surface area contributed by atoms with Crippen molar-refractivity contribution in [2.75, 3.05) is 13.1 Å². The molecule has 0 aliphatic carbocycles. The van der Waals surface area contributed by atoms with E-state index < -0.39 is 0 Å². The minimum Gasteiger partial charge on any atom is -0.316 e. The van der Waals surface area contributed by atoms with Crippen LogP contribution >= 0.6 is 0 Å². The van der Waals surface area contributed by atoms with Gasteiger partial charge < -0.3 is 5.32 Å². The summed E-state index contributed by atoms with van der Waals surface area (Å²) in [4.78, 5) is 0. The number of rotatable bonds is 4. The van der Waals surface area contributed by atoms with Crippen LogP contribution in [0.2, 0.25) is 0 Å². The van der Waals surface area contributed by atoms with Gasteiger partial charge in [-0.2, -0.15) is 0 Å². The fourth-order valence-electron chi connectivity index (χ4n) is 2.51. The van der Waals surface area contributed by atoms with Gasteiger partial charge in [0.25, 0.3) is 0 Å². The molecule has 1 atom stereocenters. The summed E-state index contributed by atoms with van der Waals surface area (Å²) in [6, 6.07) is 10.4. The topological polar surface area (TPSA) is 42.7 Å². The Labute approximate surface area is 107 Å². The van der Waals surface area contributed by atoms with Crippen molar-refractivity contribution < 1.29 is 0 Å². The van der Waals surface area contributed by atoms with Gasteiger partial charge in [-0.05, 0) is 37.4 Å². The Morgan fingerprint density at radius 2 is 2.17 bits per heavy atom. The summed E-state index contributed by atoms with van der Waals surface area (Å²) in [6.45, 7) is 3.08. The van der Waals surface area contributed by atoms with Crippen LogP contribution in [0.15, 0.2) is 36.5 Å². The number of nitrogens with zero attached hydrogens (tertiary/aromatic N) is 3. The van der Waals surface area contributed by atoms with Crippen LogP contribution in [0.4, 0.5) is 0 Å². The van der Waals surface area contributed by atoms with Crippen molar-refractivity contribution in [1.29, 1.82) is 0 Å². The van der Waals surface area contributed by atoms with Gasteiger partial charge >= 0.3 is 0 Å². The first kappa shape index (κ1) is 11.4. The average Bonchev–Trinajstić information content (AvgIpc) is 3.04. The summed E-state index contributed by atoms with van der Waals surface area (Å²) in [5.41, 5.74) is 2.52. The van der Waals surface area contributed by atoms with E-state index in [-0.39, 0.29) is 0 Å². The maximum atomic E-state index is 4.20. The molecule has 1 fully saturated rings. The molecule has 1 aromatic heterocycles. The van der Waals surface area contributed by atoms with Crippen molar-refractivity contribution in [1.82, 2.24) is 20.3 Å². The quantitative estimate of drug-likeness (QED) is 0.883. The van der Waals surface area contributed by atoms with Crippen LogP contribution in [-0.4, -0.2) is 28.1 Å². The Kier molecular flexibility index (Phi) is 3.37. The van der Waals surface area contributed by atoms with Gasteiger partial charge in [-0.3, -0.25) is 0 Å². The standard InChI is InChI=1S/C14H18N4/c1-2-4-12(5-3-1)11-18-14(10-16-17-18)8-13-6-7-15-9-13/h1-5,10,13,15H,6-9,11H2. The smallest absolute Gasteiger partial charge is 0.0725 e. The first-order valence-electron chi connectivity index (χ1n) is 6.54. The van der Waals surface area contributed by atoms with Gasteiger partial charge in [0.05, 0.1) is 18.4 Å². The lowest BCUT2D eigenvalue weighted by atomic mass is 10.0. The van der Waals surface area contributed by atoms with Crippen molar-refractivity contribution in [3.05, 3.63) is 47.8 Å². The molecule has 3 rings (SSSR count). The zero-order chi connectivity index (χ0) is 12.2. The van der Waals surface area contributed by atoms with E-state index in [1.807, 2.05) is 16.9 Å². The van der Waals surface area contributed by atoms with Crippen molar-refractivity contribution in [3.63, 3.8) is 0 Å². The molecule has 2 aromatic rings. The second-order valence-corrected chi connectivity index (χ2v) is 4.93. The highest BCUT2D eigenvalue weighted by atomic mass is 15.4. The summed E-state index contributed by atoms with van der Waals surface area (Å²) in [5.74, 6) is 0.734. The molecule has 0 amide bonds. The Morgan fingerprint density at radius 1 is 1.28 bits per heavy atom. The van der Waals surface area contributed by atoms with E-state index in [1.165, 1.54) is 17.7 Å². The van der Waals surface area contributed by atoms with E-state index in [9.17, 15) is 0 Å². The Balaban J connectivity index is 1.71. The van der Waals surface area contributed by atoms with Gasteiger partial charge in [0.15, 0.2) is 0 Å². The normalized spacial score (nSPS) is 19.2. The molecular formula is C14H18N4. The summed E-state index contributed by atoms with van der Waals surface area (Å²) in [7, 11) is 0. The maximum Gasteiger partial charge on any atom is 0.0725 e. The molecule has 0 bridgehead atoms. The van der Waals surface area contributed by atoms with E-state index in [4.69, 9.17) is 0 Å². The van der Waals surface area contributed by atoms with E-state index in [0.717, 1.165) is 32.0 Å². The molecule has 1 N–H and O–H groups in total. The molecule has 0 spiro atoms. The predicted octanol–water partition coefficient (Wildman–Crippen LogP) is 1.48. The SMILES string of the molecule is c1ccc(Cn2nncc2CC2CCNC2)cc1. The van der Waals surface area contributed by atoms with Crippen LogP contribution in [0.1, 0.15) is 17.7 Å². The molecule has 18 heavy (non-hydrogen) atoms. The summed E-state index contributed by atoms with van der Waals surface area (Å²) >= 11 is 0. The predicted molar refractivity (Wildman–Crippen MR) is 70.2 cm³/mol. The second kappa shape index (κ2) is 5.31. The van der Waals surface area contributed by atoms with Gasteiger partial charge in [-0.25, -0.2) is 4.68 Å². The van der Waals surface area contributed by atoms with Crippen molar-refractivity contribution in [2.45, 2.75) is 19.4 Å². The zero-order valence-corrected chi connectivity index (χ0v) is 10.4. The van der Waals surface area contributed by atoms with Crippen molar-refractivity contribution >= 4 is 0 Å². The third kappa shape index (κ3) is 2.59. The number of nitrogens with one attached hydrogen (secondary N) is 1. The van der Waals surface area contributed by atoms with Crippen LogP contribution < -0.4 is 5.32 Å². The minimum absolute atomic E-state index is 0.734. The average molecular weight is 242 g/mol. The third-order valence-corrected chi connectivity index (χ3v) is 3.53. The molecule has 4 heteroatoms. The van der Waals surface area contributed by atoms with Gasteiger partial charge in [0.2, 0.25) is 0 Å². The number of hydrogen-bond acceptors (Lipinski definition) is 3. The fraction of sp³-hybridized carbons (Fsp3) is 0.429. The van der Waals surface area contributed by atoms with Gasteiger partial charge in [-0.1, -0.05) is 35.5 Å². The van der Waals surface area contributed by atoms with Crippen LogP contribution in [0.25, 0.3) is 0 Å². The van der Waals surface area contributed by atoms with Crippen LogP contribution in [0.5, 0.6) is 0 Å². The molecular weight excluding hydrogens is 224 g/mol. The zero-order valence-electron chi connectivity index (χ0n) is 10.4. The van der Waals surface area contributed by atoms with E-state index in [1.54, 1.807) is 0 Å². The summed E-state index contributed by atoms with van der Waals surface area (Å²) < 4.78 is 2.02. The Hall–Kier alpha value is -1.68. The molecule has 1 aromatic carbocycles. The van der Waals surface area contributed by atoms with Crippen LogP contribution in [0, 0.1) is 5.92 Å². The Morgan fingerprint density at radius 3 is 2.94 bits per heavy atom. The fourth-order valence-corrected chi connectivity index (χ4v) is 2.51. The molecule has 1 aliphatic rings. The first-order chi connectivity index (χ1) is 8.92. The highest BCUT2D eigenvalue weighted by Gasteiger charge is 2.17. The Bertz CT molecular complexity index is 486. The highest BCUT2D eigenvalue weighted by molar-refractivity contribution is 5.15. The van der Waals surface area contributed by atoms with E-state index in [2.05, 4.69) is 39.9 Å². The first-order valence-corrected chi connectivity index (χ1v) is 6.54. The van der Waals surface area contributed by atoms with Crippen LogP contribution in [0.3, 0.4) is 0 Å². The van der Waals surface area contributed by atoms with E-state index in [0.29, 0.717) is 0 Å². The minimum atomic E-state index is 0.734. The molecule has 0 saturated carbocycles. The molecule has 1 unspecified atom stereocenters. The molecule has 2 heterocycles. The summed E-state index contributed by atoms with van der Waals surface area (Å²) in [6.07, 6.45) is 4.24. The lowest BCUT2D eigenvalue weighted by Gasteiger charge is -2.10. The number of hydrogen-bond donors (Lipinski definition) is 1. The van der Waals surface area contributed by atoms with E-state index >= 15 is 0 Å². The van der Waals surface area contributed by atoms with Gasteiger partial charge in [0.1, 0.15) is 0 Å². The van der Waals surface area contributed by atoms with Gasteiger partial charge in [0, 0.05) is 0 Å². The lowest BCUT2D eigenvalue weighted by molar-refractivity contribution is 0.532. The third-order valence-electron chi connectivity index (χ3n) is 3.53. The number of aromatic nitrogens is 3. The summed E-state index contributed by atoms with van der Waals surface area (Å²) in [5, 5.41) is 11.7. The second-order valence-electron chi connectivity index (χ2n) is 4.93. The molecule has 4 nitrogen and oxygen atoms in total. The molecule has 1 saturated heterocycles. The molecule has 94 valence electrons. The van der Waals surface area contributed by atoms with Crippen molar-refractivity contribution in [2.24, 2.45) is 5.92 Å². The molecule has 1 aliphatic heterocycles. The van der Waals surface area contributed by atoms with Gasteiger partial charge in [-0.15, -0.1) is 5.10 Å². The lowest BCUT2D eigenvalue weighted by Crippen LogP contribution is -2.14.